The minimum Gasteiger partial charge on any atom is -0.366 e. The summed E-state index contributed by atoms with van der Waals surface area (Å²) >= 11 is 1.50. The van der Waals surface area contributed by atoms with E-state index in [1.165, 1.54) is 24.3 Å². The van der Waals surface area contributed by atoms with Crippen LogP contribution in [0.15, 0.2) is 24.3 Å². The first-order valence-electron chi connectivity index (χ1n) is 10.6. The van der Waals surface area contributed by atoms with Crippen LogP contribution in [-0.2, 0) is 6.54 Å². The molecule has 0 bridgehead atoms. The van der Waals surface area contributed by atoms with E-state index in [1.54, 1.807) is 12.1 Å². The molecule has 0 atom stereocenters. The number of hydrogen-bond donors (Lipinski definition) is 0. The molecule has 1 amide bonds. The minimum atomic E-state index is -0.401. The van der Waals surface area contributed by atoms with Gasteiger partial charge >= 0.3 is 0 Å². The summed E-state index contributed by atoms with van der Waals surface area (Å²) in [6.07, 6.45) is 0. The second-order valence-corrected chi connectivity index (χ2v) is 9.52. The second-order valence-electron chi connectivity index (χ2n) is 8.49. The summed E-state index contributed by atoms with van der Waals surface area (Å²) in [7, 11) is 0. The molecule has 0 N–H and O–H groups in total. The first-order chi connectivity index (χ1) is 14.7. The predicted molar refractivity (Wildman–Crippen MR) is 122 cm³/mol. The lowest BCUT2D eigenvalue weighted by Crippen LogP contribution is -2.48. The third kappa shape index (κ3) is 4.21. The second kappa shape index (κ2) is 8.42. The van der Waals surface area contributed by atoms with Crippen molar-refractivity contribution < 1.29 is 14.0 Å². The number of piperazine rings is 1. The maximum Gasteiger partial charge on any atom is 0.264 e. The van der Waals surface area contributed by atoms with Gasteiger partial charge in [0, 0.05) is 43.7 Å². The van der Waals surface area contributed by atoms with Gasteiger partial charge in [-0.15, -0.1) is 11.3 Å². The molecule has 0 saturated carbocycles. The number of carbonyl (C=O) groups excluding carboxylic acids is 2. The highest BCUT2D eigenvalue weighted by Gasteiger charge is 2.26. The Morgan fingerprint density at radius 1 is 1.16 bits per heavy atom. The third-order valence-corrected chi connectivity index (χ3v) is 6.75. The largest absolute Gasteiger partial charge is 0.366 e. The number of anilines is 1. The van der Waals surface area contributed by atoms with Gasteiger partial charge in [0.15, 0.2) is 5.78 Å². The Hall–Kier alpha value is -2.74. The normalized spacial score (nSPS) is 14.6. The van der Waals surface area contributed by atoms with E-state index in [2.05, 4.69) is 18.9 Å². The van der Waals surface area contributed by atoms with E-state index in [4.69, 9.17) is 0 Å². The molecular weight excluding hydrogens is 415 g/mol. The molecule has 2 aromatic heterocycles. The maximum absolute atomic E-state index is 14.5. The number of hydrogen-bond acceptors (Lipinski definition) is 5. The van der Waals surface area contributed by atoms with Crippen molar-refractivity contribution >= 4 is 38.9 Å². The summed E-state index contributed by atoms with van der Waals surface area (Å²) in [5, 5.41) is 5.65. The van der Waals surface area contributed by atoms with Gasteiger partial charge in [-0.1, -0.05) is 13.8 Å². The van der Waals surface area contributed by atoms with Crippen molar-refractivity contribution in [3.8, 4) is 0 Å². The van der Waals surface area contributed by atoms with Gasteiger partial charge < -0.3 is 9.80 Å². The van der Waals surface area contributed by atoms with Crippen LogP contribution in [0.5, 0.6) is 0 Å². The highest BCUT2D eigenvalue weighted by molar-refractivity contribution is 7.20. The number of amides is 1. The molecule has 1 aliphatic rings. The fraction of sp³-hybridized carbons (Fsp3) is 0.435. The Morgan fingerprint density at radius 3 is 2.48 bits per heavy atom. The van der Waals surface area contributed by atoms with E-state index in [0.29, 0.717) is 43.3 Å². The van der Waals surface area contributed by atoms with Crippen LogP contribution in [0.3, 0.4) is 0 Å². The van der Waals surface area contributed by atoms with Crippen LogP contribution in [0.25, 0.3) is 10.2 Å². The van der Waals surface area contributed by atoms with Gasteiger partial charge in [-0.3, -0.25) is 14.3 Å². The Balaban J connectivity index is 1.47. The Morgan fingerprint density at radius 2 is 1.87 bits per heavy atom. The average Bonchev–Trinajstić information content (AvgIpc) is 3.28. The number of aryl methyl sites for hydroxylation is 1. The molecular formula is C23H27FN4O2S. The van der Waals surface area contributed by atoms with Crippen molar-refractivity contribution in [3.05, 3.63) is 46.2 Å². The summed E-state index contributed by atoms with van der Waals surface area (Å²) in [5.74, 6) is -0.0661. The zero-order chi connectivity index (χ0) is 22.3. The van der Waals surface area contributed by atoms with Crippen LogP contribution < -0.4 is 4.90 Å². The summed E-state index contributed by atoms with van der Waals surface area (Å²) < 4.78 is 16.5. The molecule has 1 saturated heterocycles. The molecule has 0 radical (unpaired) electrons. The lowest BCUT2D eigenvalue weighted by atomic mass is 10.1. The maximum atomic E-state index is 14.5. The summed E-state index contributed by atoms with van der Waals surface area (Å²) in [5.41, 5.74) is 1.79. The van der Waals surface area contributed by atoms with E-state index in [0.717, 1.165) is 27.3 Å². The van der Waals surface area contributed by atoms with Crippen molar-refractivity contribution in [2.24, 2.45) is 5.92 Å². The lowest BCUT2D eigenvalue weighted by Gasteiger charge is -2.36. The van der Waals surface area contributed by atoms with E-state index in [1.807, 2.05) is 27.5 Å². The number of halogens is 1. The Labute approximate surface area is 185 Å². The van der Waals surface area contributed by atoms with E-state index >= 15 is 0 Å². The smallest absolute Gasteiger partial charge is 0.264 e. The van der Waals surface area contributed by atoms with Crippen molar-refractivity contribution in [3.63, 3.8) is 0 Å². The first-order valence-corrected chi connectivity index (χ1v) is 11.4. The van der Waals surface area contributed by atoms with E-state index < -0.39 is 5.82 Å². The molecule has 31 heavy (non-hydrogen) atoms. The van der Waals surface area contributed by atoms with Crippen LogP contribution in [-0.4, -0.2) is 52.5 Å². The van der Waals surface area contributed by atoms with Crippen LogP contribution in [0, 0.1) is 18.7 Å². The fourth-order valence-corrected chi connectivity index (χ4v) is 5.12. The number of nitrogens with zero attached hydrogens (tertiary/aromatic N) is 4. The van der Waals surface area contributed by atoms with Crippen molar-refractivity contribution in [2.75, 3.05) is 31.1 Å². The number of carbonyl (C=O) groups is 2. The van der Waals surface area contributed by atoms with Gasteiger partial charge in [0.05, 0.1) is 16.3 Å². The van der Waals surface area contributed by atoms with E-state index in [-0.39, 0.29) is 11.7 Å². The fourth-order valence-electron chi connectivity index (χ4n) is 3.98. The number of fused-ring (bicyclic) bond motifs is 1. The predicted octanol–water partition coefficient (Wildman–Crippen LogP) is 4.37. The molecule has 0 aliphatic carbocycles. The number of Topliss-reactive ketones (excluding diaryl/α,β-unsaturated/α-hetero) is 1. The highest BCUT2D eigenvalue weighted by Crippen LogP contribution is 2.30. The van der Waals surface area contributed by atoms with Crippen molar-refractivity contribution in [2.45, 2.75) is 34.2 Å². The number of ketones is 1. The van der Waals surface area contributed by atoms with Gasteiger partial charge in [0.1, 0.15) is 10.6 Å². The molecule has 1 aromatic carbocycles. The monoisotopic (exact) mass is 442 g/mol. The van der Waals surface area contributed by atoms with Crippen LogP contribution >= 0.6 is 11.3 Å². The number of benzene rings is 1. The summed E-state index contributed by atoms with van der Waals surface area (Å²) in [4.78, 5) is 30.1. The molecule has 0 spiro atoms. The minimum absolute atomic E-state index is 0.0174. The zero-order valence-corrected chi connectivity index (χ0v) is 19.1. The van der Waals surface area contributed by atoms with Crippen LogP contribution in [0.4, 0.5) is 10.1 Å². The van der Waals surface area contributed by atoms with Gasteiger partial charge in [-0.05, 0) is 44.0 Å². The molecule has 3 aromatic rings. The Bertz CT molecular complexity index is 1140. The van der Waals surface area contributed by atoms with E-state index in [9.17, 15) is 14.0 Å². The molecule has 164 valence electrons. The molecule has 0 unspecified atom stereocenters. The molecule has 8 heteroatoms. The molecule has 1 aliphatic heterocycles. The highest BCUT2D eigenvalue weighted by atomic mass is 32.1. The Kier molecular flexibility index (Phi) is 5.83. The SMILES string of the molecule is CC(=O)c1ccc(N2CCN(C(=O)c3cc4c(C)nn(CC(C)C)c4s3)CC2)c(F)c1. The number of rotatable bonds is 5. The molecule has 3 heterocycles. The van der Waals surface area contributed by atoms with Gasteiger partial charge in [0.2, 0.25) is 0 Å². The van der Waals surface area contributed by atoms with Gasteiger partial charge in [-0.25, -0.2) is 4.39 Å². The molecule has 4 rings (SSSR count). The lowest BCUT2D eigenvalue weighted by molar-refractivity contribution is 0.0751. The quantitative estimate of drug-likeness (QED) is 0.551. The first kappa shape index (κ1) is 21.5. The van der Waals surface area contributed by atoms with Crippen LogP contribution in [0.1, 0.15) is 46.5 Å². The standard InChI is InChI=1S/C23H27FN4O2S/c1-14(2)13-28-23-18(15(3)25-28)12-21(31-23)22(30)27-9-7-26(8-10-27)20-6-5-17(16(4)29)11-19(20)24/h5-6,11-12,14H,7-10,13H2,1-4H3. The molecule has 6 nitrogen and oxygen atoms in total. The van der Waals surface area contributed by atoms with Crippen molar-refractivity contribution in [1.29, 1.82) is 0 Å². The number of aromatic nitrogens is 2. The van der Waals surface area contributed by atoms with Gasteiger partial charge in [-0.2, -0.15) is 5.10 Å². The van der Waals surface area contributed by atoms with Gasteiger partial charge in [0.25, 0.3) is 5.91 Å². The third-order valence-electron chi connectivity index (χ3n) is 5.62. The number of thiophene rings is 1. The summed E-state index contributed by atoms with van der Waals surface area (Å²) in [6.45, 7) is 10.7. The molecule has 1 fully saturated rings. The van der Waals surface area contributed by atoms with Crippen LogP contribution in [0.2, 0.25) is 0 Å². The van der Waals surface area contributed by atoms with Crippen molar-refractivity contribution in [1.82, 2.24) is 14.7 Å². The summed E-state index contributed by atoms with van der Waals surface area (Å²) in [6, 6.07) is 6.54. The zero-order valence-electron chi connectivity index (χ0n) is 18.3. The topological polar surface area (TPSA) is 58.4 Å². The average molecular weight is 443 g/mol.